The fourth-order valence-electron chi connectivity index (χ4n) is 2.16. The number of nitrogen functional groups attached to an aromatic ring is 1. The van der Waals surface area contributed by atoms with Gasteiger partial charge in [0.25, 0.3) is 5.69 Å². The number of hydrogen-bond acceptors (Lipinski definition) is 3. The second-order valence-electron chi connectivity index (χ2n) is 4.97. The van der Waals surface area contributed by atoms with Crippen LogP contribution in [-0.2, 0) is 12.8 Å². The quantitative estimate of drug-likeness (QED) is 0.391. The Morgan fingerprint density at radius 3 is 1.95 bits per heavy atom. The van der Waals surface area contributed by atoms with Crippen LogP contribution in [0.15, 0.2) is 60.2 Å². The minimum Gasteiger partial charge on any atom is -0.399 e. The lowest BCUT2D eigenvalue weighted by molar-refractivity contribution is -0.384. The van der Waals surface area contributed by atoms with E-state index in [0.717, 1.165) is 24.1 Å². The molecular formula is C17H18N2O2. The second kappa shape index (κ2) is 6.70. The first kappa shape index (κ1) is 14.8. The van der Waals surface area contributed by atoms with Gasteiger partial charge in [-0.2, -0.15) is 0 Å². The highest BCUT2D eigenvalue weighted by atomic mass is 16.6. The summed E-state index contributed by atoms with van der Waals surface area (Å²) in [5.41, 5.74) is 10.1. The van der Waals surface area contributed by atoms with Crippen molar-refractivity contribution in [1.82, 2.24) is 0 Å². The molecule has 21 heavy (non-hydrogen) atoms. The first-order chi connectivity index (χ1) is 10.1. The van der Waals surface area contributed by atoms with Gasteiger partial charge >= 0.3 is 0 Å². The van der Waals surface area contributed by atoms with Crippen molar-refractivity contribution >= 4 is 11.4 Å². The molecule has 0 aliphatic rings. The molecule has 0 unspecified atom stereocenters. The lowest BCUT2D eigenvalue weighted by Gasteiger charge is -2.08. The summed E-state index contributed by atoms with van der Waals surface area (Å²) >= 11 is 0. The van der Waals surface area contributed by atoms with Gasteiger partial charge in [-0.1, -0.05) is 35.9 Å². The zero-order valence-electron chi connectivity index (χ0n) is 12.0. The Balaban J connectivity index is 2.05. The Bertz CT molecular complexity index is 643. The summed E-state index contributed by atoms with van der Waals surface area (Å²) in [4.78, 5) is 10.3. The van der Waals surface area contributed by atoms with Gasteiger partial charge < -0.3 is 5.73 Å². The average molecular weight is 282 g/mol. The predicted octanol–water partition coefficient (Wildman–Crippen LogP) is 3.91. The van der Waals surface area contributed by atoms with E-state index < -0.39 is 0 Å². The van der Waals surface area contributed by atoms with Crippen molar-refractivity contribution in [2.75, 3.05) is 5.73 Å². The third-order valence-electron chi connectivity index (χ3n) is 3.40. The van der Waals surface area contributed by atoms with E-state index in [4.69, 9.17) is 5.73 Å². The molecule has 108 valence electrons. The SMILES string of the molecule is C/C=C(\Cc1ccc(N)cc1)Cc1ccc([N+](=O)[O-])cc1. The smallest absolute Gasteiger partial charge is 0.269 e. The molecule has 0 fully saturated rings. The summed E-state index contributed by atoms with van der Waals surface area (Å²) in [6, 6.07) is 14.6. The van der Waals surface area contributed by atoms with Crippen LogP contribution in [0.3, 0.4) is 0 Å². The summed E-state index contributed by atoms with van der Waals surface area (Å²) in [6.45, 7) is 2.01. The Labute approximate surface area is 124 Å². The fourth-order valence-corrected chi connectivity index (χ4v) is 2.16. The van der Waals surface area contributed by atoms with Crippen LogP contribution < -0.4 is 5.73 Å². The van der Waals surface area contributed by atoms with Crippen LogP contribution in [0.4, 0.5) is 11.4 Å². The maximum atomic E-state index is 10.6. The Morgan fingerprint density at radius 1 is 1.05 bits per heavy atom. The van der Waals surface area contributed by atoms with Crippen molar-refractivity contribution in [2.24, 2.45) is 0 Å². The molecule has 2 aromatic carbocycles. The zero-order chi connectivity index (χ0) is 15.2. The topological polar surface area (TPSA) is 69.2 Å². The molecule has 0 radical (unpaired) electrons. The summed E-state index contributed by atoms with van der Waals surface area (Å²) in [7, 11) is 0. The van der Waals surface area contributed by atoms with Crippen molar-refractivity contribution in [3.63, 3.8) is 0 Å². The number of nitrogens with zero attached hydrogens (tertiary/aromatic N) is 1. The van der Waals surface area contributed by atoms with Gasteiger partial charge in [-0.3, -0.25) is 10.1 Å². The van der Waals surface area contributed by atoms with Gasteiger partial charge in [-0.05, 0) is 43.0 Å². The molecule has 2 N–H and O–H groups in total. The molecule has 0 aliphatic heterocycles. The number of nitrogens with two attached hydrogens (primary N) is 1. The van der Waals surface area contributed by atoms with Crippen molar-refractivity contribution < 1.29 is 4.92 Å². The van der Waals surface area contributed by atoms with Crippen LogP contribution in [0.5, 0.6) is 0 Å². The van der Waals surface area contributed by atoms with Crippen molar-refractivity contribution in [1.29, 1.82) is 0 Å². The Morgan fingerprint density at radius 2 is 1.52 bits per heavy atom. The number of non-ortho nitro benzene ring substituents is 1. The van der Waals surface area contributed by atoms with Crippen LogP contribution >= 0.6 is 0 Å². The van der Waals surface area contributed by atoms with Crippen LogP contribution in [0.2, 0.25) is 0 Å². The number of rotatable bonds is 5. The van der Waals surface area contributed by atoms with E-state index in [9.17, 15) is 10.1 Å². The van der Waals surface area contributed by atoms with Crippen LogP contribution in [0.25, 0.3) is 0 Å². The van der Waals surface area contributed by atoms with Crippen LogP contribution in [-0.4, -0.2) is 4.92 Å². The number of nitro benzene ring substituents is 1. The van der Waals surface area contributed by atoms with Crippen LogP contribution in [0.1, 0.15) is 18.1 Å². The van der Waals surface area contributed by atoms with Gasteiger partial charge in [-0.15, -0.1) is 0 Å². The van der Waals surface area contributed by atoms with Crippen molar-refractivity contribution in [3.05, 3.63) is 81.4 Å². The minimum absolute atomic E-state index is 0.124. The number of anilines is 1. The zero-order valence-corrected chi connectivity index (χ0v) is 12.0. The van der Waals surface area contributed by atoms with E-state index in [1.54, 1.807) is 12.1 Å². The Hall–Kier alpha value is -2.62. The molecule has 0 aliphatic carbocycles. The first-order valence-corrected chi connectivity index (χ1v) is 6.80. The molecule has 0 heterocycles. The van der Waals surface area contributed by atoms with E-state index >= 15 is 0 Å². The number of nitro groups is 1. The molecule has 2 aromatic rings. The standard InChI is InChI=1S/C17H18N2O2/c1-2-13(11-14-3-7-16(18)8-4-14)12-15-5-9-17(10-6-15)19(20)21/h2-10H,11-12,18H2,1H3/b13-2+. The van der Waals surface area contributed by atoms with Crippen molar-refractivity contribution in [2.45, 2.75) is 19.8 Å². The highest BCUT2D eigenvalue weighted by Gasteiger charge is 2.06. The maximum absolute atomic E-state index is 10.6. The molecule has 0 atom stereocenters. The van der Waals surface area contributed by atoms with E-state index in [1.807, 2.05) is 43.3 Å². The molecule has 4 heteroatoms. The second-order valence-corrected chi connectivity index (χ2v) is 4.97. The average Bonchev–Trinajstić information content (AvgIpc) is 2.49. The predicted molar refractivity (Wildman–Crippen MR) is 85.1 cm³/mol. The summed E-state index contributed by atoms with van der Waals surface area (Å²) < 4.78 is 0. The minimum atomic E-state index is -0.380. The molecule has 0 saturated heterocycles. The molecular weight excluding hydrogens is 264 g/mol. The monoisotopic (exact) mass is 282 g/mol. The van der Waals surface area contributed by atoms with Gasteiger partial charge in [0.15, 0.2) is 0 Å². The fraction of sp³-hybridized carbons (Fsp3) is 0.176. The highest BCUT2D eigenvalue weighted by Crippen LogP contribution is 2.18. The first-order valence-electron chi connectivity index (χ1n) is 6.80. The van der Waals surface area contributed by atoms with Gasteiger partial charge in [0.1, 0.15) is 0 Å². The molecule has 0 spiro atoms. The maximum Gasteiger partial charge on any atom is 0.269 e. The number of benzene rings is 2. The molecule has 4 nitrogen and oxygen atoms in total. The molecule has 0 saturated carbocycles. The van der Waals surface area contributed by atoms with Gasteiger partial charge in [-0.25, -0.2) is 0 Å². The molecule has 2 rings (SSSR count). The van der Waals surface area contributed by atoms with Crippen molar-refractivity contribution in [3.8, 4) is 0 Å². The highest BCUT2D eigenvalue weighted by molar-refractivity contribution is 5.41. The normalized spacial score (nSPS) is 11.4. The molecule has 0 aromatic heterocycles. The van der Waals surface area contributed by atoms with Crippen LogP contribution in [0, 0.1) is 10.1 Å². The summed E-state index contributed by atoms with van der Waals surface area (Å²) in [5.74, 6) is 0. The van der Waals surface area contributed by atoms with E-state index in [0.29, 0.717) is 0 Å². The lowest BCUT2D eigenvalue weighted by atomic mass is 9.98. The third-order valence-corrected chi connectivity index (χ3v) is 3.40. The van der Waals surface area contributed by atoms with Gasteiger partial charge in [0.05, 0.1) is 4.92 Å². The van der Waals surface area contributed by atoms with E-state index in [2.05, 4.69) is 6.08 Å². The molecule has 0 amide bonds. The lowest BCUT2D eigenvalue weighted by Crippen LogP contribution is -1.96. The summed E-state index contributed by atoms with van der Waals surface area (Å²) in [5, 5.41) is 10.6. The number of allylic oxidation sites excluding steroid dienone is 2. The summed E-state index contributed by atoms with van der Waals surface area (Å²) in [6.07, 6.45) is 3.74. The van der Waals surface area contributed by atoms with Gasteiger partial charge in [0.2, 0.25) is 0 Å². The largest absolute Gasteiger partial charge is 0.399 e. The Kier molecular flexibility index (Phi) is 4.72. The molecule has 0 bridgehead atoms. The van der Waals surface area contributed by atoms with E-state index in [-0.39, 0.29) is 10.6 Å². The third kappa shape index (κ3) is 4.18. The number of hydrogen-bond donors (Lipinski definition) is 1. The van der Waals surface area contributed by atoms with E-state index in [1.165, 1.54) is 11.1 Å². The van der Waals surface area contributed by atoms with Gasteiger partial charge in [0, 0.05) is 17.8 Å².